The molecule has 0 aliphatic carbocycles. The van der Waals surface area contributed by atoms with Gasteiger partial charge in [0.15, 0.2) is 0 Å². The number of benzene rings is 2. The number of halogens is 2. The summed E-state index contributed by atoms with van der Waals surface area (Å²) in [6.07, 6.45) is 0.731. The Morgan fingerprint density at radius 1 is 1.30 bits per heavy atom. The number of carbonyl (C=O) groups excluding carboxylic acids is 2. The summed E-state index contributed by atoms with van der Waals surface area (Å²) in [5.74, 6) is -0.00840. The van der Waals surface area contributed by atoms with Crippen LogP contribution >= 0.6 is 11.6 Å². The molecule has 30 heavy (non-hydrogen) atoms. The van der Waals surface area contributed by atoms with Gasteiger partial charge in [-0.05, 0) is 41.8 Å². The topological polar surface area (TPSA) is 70.7 Å². The molecule has 1 fully saturated rings. The molecule has 6 nitrogen and oxygen atoms in total. The third-order valence-corrected chi connectivity index (χ3v) is 5.46. The van der Waals surface area contributed by atoms with E-state index in [-0.39, 0.29) is 18.2 Å². The van der Waals surface area contributed by atoms with Crippen molar-refractivity contribution in [2.24, 2.45) is 0 Å². The second kappa shape index (κ2) is 10.4. The van der Waals surface area contributed by atoms with Crippen LogP contribution in [0.4, 0.5) is 4.39 Å². The Balaban J connectivity index is 1.54. The van der Waals surface area contributed by atoms with E-state index in [2.05, 4.69) is 10.6 Å². The van der Waals surface area contributed by atoms with Crippen molar-refractivity contribution in [3.8, 4) is 5.75 Å². The first kappa shape index (κ1) is 22.1. The van der Waals surface area contributed by atoms with Crippen molar-refractivity contribution in [3.63, 3.8) is 0 Å². The van der Waals surface area contributed by atoms with Gasteiger partial charge in [-0.25, -0.2) is 4.39 Å². The average Bonchev–Trinajstić information content (AvgIpc) is 2.73. The molecule has 2 aromatic carbocycles. The second-order valence-corrected chi connectivity index (χ2v) is 7.57. The molecule has 1 aliphatic rings. The van der Waals surface area contributed by atoms with Crippen LogP contribution in [0.5, 0.6) is 5.75 Å². The molecule has 1 aliphatic heterocycles. The van der Waals surface area contributed by atoms with Crippen LogP contribution in [-0.2, 0) is 22.6 Å². The highest BCUT2D eigenvalue weighted by Crippen LogP contribution is 2.21. The lowest BCUT2D eigenvalue weighted by molar-refractivity contribution is -0.134. The molecular weight excluding hydrogens is 409 g/mol. The van der Waals surface area contributed by atoms with E-state index in [1.54, 1.807) is 13.2 Å². The average molecular weight is 434 g/mol. The zero-order chi connectivity index (χ0) is 21.5. The Morgan fingerprint density at radius 3 is 2.77 bits per heavy atom. The SMILES string of the molecule is COc1ccc(CCNC(=O)C[C@H]2C(=O)NCCN2Cc2ccc(F)cc2Cl)cc1. The van der Waals surface area contributed by atoms with Crippen molar-refractivity contribution in [2.45, 2.75) is 25.4 Å². The smallest absolute Gasteiger partial charge is 0.237 e. The molecule has 0 unspecified atom stereocenters. The number of nitrogens with one attached hydrogen (secondary N) is 2. The van der Waals surface area contributed by atoms with Crippen molar-refractivity contribution in [1.29, 1.82) is 0 Å². The number of amides is 2. The van der Waals surface area contributed by atoms with Gasteiger partial charge in [0.1, 0.15) is 11.6 Å². The van der Waals surface area contributed by atoms with Crippen LogP contribution in [0.2, 0.25) is 5.02 Å². The van der Waals surface area contributed by atoms with Gasteiger partial charge in [-0.2, -0.15) is 0 Å². The monoisotopic (exact) mass is 433 g/mol. The first-order valence-corrected chi connectivity index (χ1v) is 10.2. The zero-order valence-electron chi connectivity index (χ0n) is 16.8. The minimum absolute atomic E-state index is 0.0489. The molecular formula is C22H25ClFN3O3. The van der Waals surface area contributed by atoms with Gasteiger partial charge < -0.3 is 15.4 Å². The number of ether oxygens (including phenoxy) is 1. The van der Waals surface area contributed by atoms with Crippen LogP contribution in [0.25, 0.3) is 0 Å². The molecule has 0 radical (unpaired) electrons. The summed E-state index contributed by atoms with van der Waals surface area (Å²) < 4.78 is 18.4. The van der Waals surface area contributed by atoms with Gasteiger partial charge in [0.05, 0.1) is 19.6 Å². The van der Waals surface area contributed by atoms with Crippen LogP contribution in [-0.4, -0.2) is 49.5 Å². The number of rotatable bonds is 8. The number of methoxy groups -OCH3 is 1. The number of hydrogen-bond acceptors (Lipinski definition) is 4. The predicted octanol–water partition coefficient (Wildman–Crippen LogP) is 2.54. The van der Waals surface area contributed by atoms with E-state index >= 15 is 0 Å². The molecule has 0 aromatic heterocycles. The van der Waals surface area contributed by atoms with Gasteiger partial charge in [0.2, 0.25) is 11.8 Å². The van der Waals surface area contributed by atoms with Crippen molar-refractivity contribution < 1.29 is 18.7 Å². The Kier molecular flexibility index (Phi) is 7.65. The lowest BCUT2D eigenvalue weighted by atomic mass is 10.1. The third-order valence-electron chi connectivity index (χ3n) is 5.10. The molecule has 8 heteroatoms. The maximum Gasteiger partial charge on any atom is 0.237 e. The Morgan fingerprint density at radius 2 is 2.07 bits per heavy atom. The Labute approximate surface area is 180 Å². The number of carbonyl (C=O) groups is 2. The summed E-state index contributed by atoms with van der Waals surface area (Å²) in [5, 5.41) is 5.99. The highest BCUT2D eigenvalue weighted by atomic mass is 35.5. The first-order chi connectivity index (χ1) is 14.5. The summed E-state index contributed by atoms with van der Waals surface area (Å²) in [7, 11) is 1.62. The molecule has 0 spiro atoms. The molecule has 0 bridgehead atoms. The van der Waals surface area contributed by atoms with Gasteiger partial charge in [-0.1, -0.05) is 29.8 Å². The van der Waals surface area contributed by atoms with Gasteiger partial charge in [-0.15, -0.1) is 0 Å². The molecule has 1 atom stereocenters. The fourth-order valence-electron chi connectivity index (χ4n) is 3.43. The Bertz CT molecular complexity index is 892. The largest absolute Gasteiger partial charge is 0.497 e. The maximum absolute atomic E-state index is 13.3. The van der Waals surface area contributed by atoms with E-state index in [1.165, 1.54) is 12.1 Å². The fourth-order valence-corrected chi connectivity index (χ4v) is 3.66. The molecule has 1 heterocycles. The minimum Gasteiger partial charge on any atom is -0.497 e. The van der Waals surface area contributed by atoms with Crippen LogP contribution in [0.15, 0.2) is 42.5 Å². The number of hydrogen-bond donors (Lipinski definition) is 2. The number of nitrogens with zero attached hydrogens (tertiary/aromatic N) is 1. The lowest BCUT2D eigenvalue weighted by Crippen LogP contribution is -2.56. The highest BCUT2D eigenvalue weighted by Gasteiger charge is 2.31. The summed E-state index contributed by atoms with van der Waals surface area (Å²) in [6.45, 7) is 1.93. The predicted molar refractivity (Wildman–Crippen MR) is 113 cm³/mol. The van der Waals surface area contributed by atoms with Gasteiger partial charge in [0, 0.05) is 31.2 Å². The van der Waals surface area contributed by atoms with Gasteiger partial charge in [-0.3, -0.25) is 14.5 Å². The van der Waals surface area contributed by atoms with Crippen molar-refractivity contribution >= 4 is 23.4 Å². The highest BCUT2D eigenvalue weighted by molar-refractivity contribution is 6.31. The van der Waals surface area contributed by atoms with E-state index in [0.29, 0.717) is 37.6 Å². The molecule has 3 rings (SSSR count). The summed E-state index contributed by atoms with van der Waals surface area (Å²) >= 11 is 6.13. The molecule has 2 N–H and O–H groups in total. The van der Waals surface area contributed by atoms with E-state index in [4.69, 9.17) is 16.3 Å². The second-order valence-electron chi connectivity index (χ2n) is 7.17. The van der Waals surface area contributed by atoms with E-state index < -0.39 is 11.9 Å². The van der Waals surface area contributed by atoms with E-state index in [0.717, 1.165) is 16.9 Å². The van der Waals surface area contributed by atoms with Crippen LogP contribution in [0, 0.1) is 5.82 Å². The molecule has 1 saturated heterocycles. The van der Waals surface area contributed by atoms with Gasteiger partial charge >= 0.3 is 0 Å². The van der Waals surface area contributed by atoms with E-state index in [9.17, 15) is 14.0 Å². The van der Waals surface area contributed by atoms with Crippen LogP contribution in [0.3, 0.4) is 0 Å². The molecule has 2 amide bonds. The van der Waals surface area contributed by atoms with E-state index in [1.807, 2.05) is 29.2 Å². The third kappa shape index (κ3) is 5.93. The van der Waals surface area contributed by atoms with Gasteiger partial charge in [0.25, 0.3) is 0 Å². The van der Waals surface area contributed by atoms with Crippen molar-refractivity contribution in [2.75, 3.05) is 26.7 Å². The maximum atomic E-state index is 13.3. The zero-order valence-corrected chi connectivity index (χ0v) is 17.5. The molecule has 0 saturated carbocycles. The number of piperazine rings is 1. The van der Waals surface area contributed by atoms with Crippen LogP contribution < -0.4 is 15.4 Å². The van der Waals surface area contributed by atoms with Crippen molar-refractivity contribution in [3.05, 3.63) is 64.4 Å². The van der Waals surface area contributed by atoms with Crippen LogP contribution in [0.1, 0.15) is 17.5 Å². The fraction of sp³-hybridized carbons (Fsp3) is 0.364. The minimum atomic E-state index is -0.596. The summed E-state index contributed by atoms with van der Waals surface area (Å²) in [5.41, 5.74) is 1.80. The molecule has 160 valence electrons. The normalized spacial score (nSPS) is 16.8. The quantitative estimate of drug-likeness (QED) is 0.671. The molecule has 2 aromatic rings. The summed E-state index contributed by atoms with van der Waals surface area (Å²) in [6, 6.07) is 11.3. The standard InChI is InChI=1S/C22H25ClFN3O3/c1-30-18-6-2-15(3-7-18)8-9-25-21(28)13-20-22(29)26-10-11-27(20)14-16-4-5-17(24)12-19(16)23/h2-7,12,20H,8-11,13-14H2,1H3,(H,25,28)(H,26,29)/t20-/m0/s1. The Hall–Kier alpha value is -2.64. The van der Waals surface area contributed by atoms with Crippen molar-refractivity contribution in [1.82, 2.24) is 15.5 Å². The lowest BCUT2D eigenvalue weighted by Gasteiger charge is -2.34. The summed E-state index contributed by atoms with van der Waals surface area (Å²) in [4.78, 5) is 26.7. The first-order valence-electron chi connectivity index (χ1n) is 9.81.